The molecule has 0 aliphatic carbocycles. The summed E-state index contributed by atoms with van der Waals surface area (Å²) in [6.45, 7) is 0. The molecule has 1 aromatic rings. The number of halogens is 2. The Hall–Kier alpha value is -1.52. The van der Waals surface area contributed by atoms with Gasteiger partial charge in [-0.3, -0.25) is 5.32 Å². The summed E-state index contributed by atoms with van der Waals surface area (Å²) in [5.74, 6) is -0.555. The first-order chi connectivity index (χ1) is 5.18. The molecule has 0 atom stereocenters. The molecule has 1 amide bonds. The third kappa shape index (κ3) is 2.29. The molecular formula is C6H4F2N2O. The lowest BCUT2D eigenvalue weighted by Gasteiger charge is -1.95. The first-order valence-electron chi connectivity index (χ1n) is 2.76. The second kappa shape index (κ2) is 3.05. The molecule has 0 fully saturated rings. The van der Waals surface area contributed by atoms with Gasteiger partial charge in [-0.25, -0.2) is 14.2 Å². The summed E-state index contributed by atoms with van der Waals surface area (Å²) >= 11 is 0. The van der Waals surface area contributed by atoms with Gasteiger partial charge in [0.05, 0.1) is 6.20 Å². The molecule has 0 aliphatic heterocycles. The maximum absolute atomic E-state index is 12.2. The summed E-state index contributed by atoms with van der Waals surface area (Å²) in [6, 6.07) is 2.23. The van der Waals surface area contributed by atoms with E-state index in [4.69, 9.17) is 0 Å². The van der Waals surface area contributed by atoms with Crippen LogP contribution in [-0.2, 0) is 0 Å². The number of nitrogens with zero attached hydrogens (tertiary/aromatic N) is 1. The number of carbonyl (C=O) groups excluding carboxylic acids is 1. The van der Waals surface area contributed by atoms with E-state index in [9.17, 15) is 13.6 Å². The van der Waals surface area contributed by atoms with Gasteiger partial charge in [-0.1, -0.05) is 0 Å². The van der Waals surface area contributed by atoms with E-state index >= 15 is 0 Å². The van der Waals surface area contributed by atoms with Gasteiger partial charge in [0.1, 0.15) is 11.6 Å². The zero-order valence-electron chi connectivity index (χ0n) is 5.34. The Labute approximate surface area is 61.1 Å². The highest BCUT2D eigenvalue weighted by molar-refractivity contribution is 5.81. The normalized spacial score (nSPS) is 9.27. The van der Waals surface area contributed by atoms with Crippen molar-refractivity contribution in [3.63, 3.8) is 0 Å². The fourth-order valence-electron chi connectivity index (χ4n) is 0.550. The Kier molecular flexibility index (Phi) is 2.10. The monoisotopic (exact) mass is 158 g/mol. The second-order valence-electron chi connectivity index (χ2n) is 1.76. The molecule has 1 N–H and O–H groups in total. The molecule has 0 radical (unpaired) electrons. The molecule has 58 valence electrons. The number of amides is 1. The van der Waals surface area contributed by atoms with E-state index in [1.165, 1.54) is 0 Å². The summed E-state index contributed by atoms with van der Waals surface area (Å²) in [5.41, 5.74) is 0. The quantitative estimate of drug-likeness (QED) is 0.499. The Bertz CT molecular complexity index is 260. The maximum Gasteiger partial charge on any atom is 0.403 e. The molecule has 0 unspecified atom stereocenters. The number of rotatable bonds is 1. The van der Waals surface area contributed by atoms with Crippen LogP contribution >= 0.6 is 0 Å². The van der Waals surface area contributed by atoms with Gasteiger partial charge in [0.2, 0.25) is 0 Å². The van der Waals surface area contributed by atoms with Gasteiger partial charge in [-0.2, -0.15) is 0 Å². The third-order valence-corrected chi connectivity index (χ3v) is 0.954. The third-order valence-electron chi connectivity index (χ3n) is 0.954. The summed E-state index contributed by atoms with van der Waals surface area (Å²) in [6.07, 6.45) is -0.838. The van der Waals surface area contributed by atoms with Gasteiger partial charge >= 0.3 is 6.16 Å². The summed E-state index contributed by atoms with van der Waals surface area (Å²) in [5, 5.41) is 1.75. The molecule has 1 rings (SSSR count). The van der Waals surface area contributed by atoms with Gasteiger partial charge in [-0.05, 0) is 12.1 Å². The Morgan fingerprint density at radius 3 is 2.73 bits per heavy atom. The second-order valence-corrected chi connectivity index (χ2v) is 1.76. The summed E-state index contributed by atoms with van der Waals surface area (Å²) in [7, 11) is 0. The van der Waals surface area contributed by atoms with Crippen LogP contribution in [-0.4, -0.2) is 11.1 Å². The average Bonchev–Trinajstić information content (AvgIpc) is 1.93. The molecule has 0 spiro atoms. The fraction of sp³-hybridized carbons (Fsp3) is 0. The van der Waals surface area contributed by atoms with Gasteiger partial charge in [0.15, 0.2) is 0 Å². The van der Waals surface area contributed by atoms with Crippen LogP contribution in [0.4, 0.5) is 19.4 Å². The minimum atomic E-state index is -1.72. The number of carbonyl (C=O) groups is 1. The van der Waals surface area contributed by atoms with Crippen molar-refractivity contribution in [2.24, 2.45) is 0 Å². The van der Waals surface area contributed by atoms with Crippen LogP contribution in [0.15, 0.2) is 18.3 Å². The minimum absolute atomic E-state index is 0.0149. The number of pyridine rings is 1. The highest BCUT2D eigenvalue weighted by Gasteiger charge is 1.98. The number of aromatic nitrogens is 1. The van der Waals surface area contributed by atoms with E-state index in [-0.39, 0.29) is 5.82 Å². The van der Waals surface area contributed by atoms with Crippen LogP contribution in [0.25, 0.3) is 0 Å². The van der Waals surface area contributed by atoms with Crippen molar-refractivity contribution in [3.8, 4) is 0 Å². The van der Waals surface area contributed by atoms with E-state index in [0.717, 1.165) is 18.3 Å². The van der Waals surface area contributed by atoms with Crippen molar-refractivity contribution in [3.05, 3.63) is 24.1 Å². The molecule has 5 heteroatoms. The number of nitrogens with one attached hydrogen (secondary N) is 1. The van der Waals surface area contributed by atoms with Crippen LogP contribution in [0.5, 0.6) is 0 Å². The van der Waals surface area contributed by atoms with E-state index in [2.05, 4.69) is 4.98 Å². The van der Waals surface area contributed by atoms with Gasteiger partial charge in [0, 0.05) is 0 Å². The van der Waals surface area contributed by atoms with E-state index < -0.39 is 12.0 Å². The number of hydrogen-bond donors (Lipinski definition) is 1. The molecule has 11 heavy (non-hydrogen) atoms. The highest BCUT2D eigenvalue weighted by atomic mass is 19.1. The first kappa shape index (κ1) is 7.59. The Morgan fingerprint density at radius 1 is 1.55 bits per heavy atom. The number of anilines is 1. The minimum Gasteiger partial charge on any atom is -0.282 e. The maximum atomic E-state index is 12.2. The largest absolute Gasteiger partial charge is 0.403 e. The molecule has 1 aromatic heterocycles. The molecule has 0 aliphatic rings. The van der Waals surface area contributed by atoms with Gasteiger partial charge in [0.25, 0.3) is 0 Å². The summed E-state index contributed by atoms with van der Waals surface area (Å²) < 4.78 is 23.8. The fourth-order valence-corrected chi connectivity index (χ4v) is 0.550. The number of hydrogen-bond acceptors (Lipinski definition) is 2. The van der Waals surface area contributed by atoms with Crippen molar-refractivity contribution >= 4 is 12.0 Å². The standard InChI is InChI=1S/C6H4F2N2O/c7-4-1-2-5(9-3-4)10-6(8)11/h1-3H,(H,9,10,11). The first-order valence-corrected chi connectivity index (χ1v) is 2.76. The zero-order valence-corrected chi connectivity index (χ0v) is 5.34. The van der Waals surface area contributed by atoms with Crippen molar-refractivity contribution < 1.29 is 13.6 Å². The molecule has 3 nitrogen and oxygen atoms in total. The van der Waals surface area contributed by atoms with Crippen LogP contribution < -0.4 is 5.32 Å². The van der Waals surface area contributed by atoms with Crippen molar-refractivity contribution in [2.75, 3.05) is 5.32 Å². The molecule has 0 bridgehead atoms. The molecule has 0 aromatic carbocycles. The van der Waals surface area contributed by atoms with Crippen LogP contribution in [0.3, 0.4) is 0 Å². The predicted molar refractivity (Wildman–Crippen MR) is 34.3 cm³/mol. The van der Waals surface area contributed by atoms with Crippen LogP contribution in [0.1, 0.15) is 0 Å². The van der Waals surface area contributed by atoms with Crippen molar-refractivity contribution in [1.82, 2.24) is 4.98 Å². The molecule has 0 saturated carbocycles. The lowest BCUT2D eigenvalue weighted by atomic mass is 10.4. The molecular weight excluding hydrogens is 154 g/mol. The van der Waals surface area contributed by atoms with E-state index in [1.54, 1.807) is 5.32 Å². The zero-order chi connectivity index (χ0) is 8.27. The van der Waals surface area contributed by atoms with Crippen molar-refractivity contribution in [1.29, 1.82) is 0 Å². The SMILES string of the molecule is O=C(F)Nc1ccc(F)cn1. The predicted octanol–water partition coefficient (Wildman–Crippen LogP) is 1.72. The van der Waals surface area contributed by atoms with Gasteiger partial charge < -0.3 is 0 Å². The lowest BCUT2D eigenvalue weighted by molar-refractivity contribution is 0.234. The van der Waals surface area contributed by atoms with Crippen LogP contribution in [0, 0.1) is 5.82 Å². The highest BCUT2D eigenvalue weighted by Crippen LogP contribution is 2.03. The van der Waals surface area contributed by atoms with E-state index in [1.807, 2.05) is 0 Å². The average molecular weight is 158 g/mol. The topological polar surface area (TPSA) is 42.0 Å². The Balaban J connectivity index is 2.74. The van der Waals surface area contributed by atoms with E-state index in [0.29, 0.717) is 0 Å². The Morgan fingerprint density at radius 2 is 2.27 bits per heavy atom. The van der Waals surface area contributed by atoms with Gasteiger partial charge in [-0.15, -0.1) is 4.39 Å². The smallest absolute Gasteiger partial charge is 0.282 e. The lowest BCUT2D eigenvalue weighted by Crippen LogP contribution is -2.03. The summed E-state index contributed by atoms with van der Waals surface area (Å²) in [4.78, 5) is 13.2. The molecule has 0 saturated heterocycles. The van der Waals surface area contributed by atoms with Crippen molar-refractivity contribution in [2.45, 2.75) is 0 Å². The molecule has 1 heterocycles. The van der Waals surface area contributed by atoms with Crippen LogP contribution in [0.2, 0.25) is 0 Å².